The van der Waals surface area contributed by atoms with Crippen molar-refractivity contribution < 1.29 is 56.0 Å². The van der Waals surface area contributed by atoms with Crippen LogP contribution in [0.4, 0.5) is 31.1 Å². The Hall–Kier alpha value is -6.13. The number of benzene rings is 4. The summed E-state index contributed by atoms with van der Waals surface area (Å²) in [7, 11) is 0. The number of hydrogen-bond donors (Lipinski definition) is 6. The summed E-state index contributed by atoms with van der Waals surface area (Å²) < 4.78 is 63.5. The third-order valence-corrected chi connectivity index (χ3v) is 9.85. The summed E-state index contributed by atoms with van der Waals surface area (Å²) in [5, 5.41) is 24.9. The van der Waals surface area contributed by atoms with Crippen LogP contribution >= 0.6 is 23.2 Å². The SMILES string of the molecule is CC(C)(C)N(C(=O)O)C1Cc2cc(Cl)cc(Cl)c2C1.NC1=Cc2ccccc2C1.NC1=Cc2ccccc2C1.NC1=Cc2ccccc2C1.O=C(O)C(F)(F)F.O=C(O)C(F)(F)F. The Morgan fingerprint density at radius 2 is 0.921 bits per heavy atom. The molecule has 63 heavy (non-hydrogen) atoms. The molecule has 9 N–H and O–H groups in total. The summed E-state index contributed by atoms with van der Waals surface area (Å²) >= 11 is 12.2. The van der Waals surface area contributed by atoms with Crippen molar-refractivity contribution in [3.05, 3.63) is 157 Å². The lowest BCUT2D eigenvalue weighted by atomic mass is 10.0. The van der Waals surface area contributed by atoms with E-state index in [0.717, 1.165) is 47.5 Å². The number of nitrogens with zero attached hydrogens (tertiary/aromatic N) is 1. The standard InChI is InChI=1S/C14H17Cl2NO2.3C9H9N.2C2HF3O2/c1-14(2,3)17(13(18)19)10-5-8-4-9(15)6-12(16)11(8)7-10;3*10-9-5-7-3-1-2-4-8(7)6-9;2*3-2(4,5)1(6)7/h4,6,10H,5,7H2,1-3H3,(H,18,19);3*1-5H,6,10H2;2*(H,6,7). The average Bonchev–Trinajstić information content (AvgIpc) is 3.94. The van der Waals surface area contributed by atoms with E-state index in [1.807, 2.05) is 81.5 Å². The van der Waals surface area contributed by atoms with Gasteiger partial charge in [-0.25, -0.2) is 14.4 Å². The summed E-state index contributed by atoms with van der Waals surface area (Å²) in [6, 6.07) is 28.4. The second-order valence-electron chi connectivity index (χ2n) is 15.3. The smallest absolute Gasteiger partial charge is 0.475 e. The van der Waals surface area contributed by atoms with E-state index >= 15 is 0 Å². The fourth-order valence-corrected chi connectivity index (χ4v) is 7.34. The summed E-state index contributed by atoms with van der Waals surface area (Å²) in [4.78, 5) is 30.8. The van der Waals surface area contributed by atoms with Gasteiger partial charge < -0.3 is 32.5 Å². The molecule has 18 heteroatoms. The van der Waals surface area contributed by atoms with Crippen LogP contribution in [-0.2, 0) is 41.7 Å². The molecule has 0 fully saturated rings. The minimum Gasteiger partial charge on any atom is -0.475 e. The fraction of sp³-hybridized carbons (Fsp3) is 0.267. The zero-order chi connectivity index (χ0) is 47.4. The Labute approximate surface area is 369 Å². The van der Waals surface area contributed by atoms with E-state index in [0.29, 0.717) is 22.9 Å². The normalized spacial score (nSPS) is 15.0. The largest absolute Gasteiger partial charge is 0.490 e. The van der Waals surface area contributed by atoms with E-state index < -0.39 is 35.9 Å². The summed E-state index contributed by atoms with van der Waals surface area (Å²) in [6.45, 7) is 5.70. The number of hydrogen-bond acceptors (Lipinski definition) is 6. The van der Waals surface area contributed by atoms with Gasteiger partial charge in [0.15, 0.2) is 0 Å². The van der Waals surface area contributed by atoms with Crippen LogP contribution < -0.4 is 17.2 Å². The number of halogens is 8. The number of amides is 1. The third kappa shape index (κ3) is 15.9. The van der Waals surface area contributed by atoms with E-state index in [1.165, 1.54) is 38.3 Å². The van der Waals surface area contributed by atoms with Crippen molar-refractivity contribution in [2.75, 3.05) is 0 Å². The minimum atomic E-state index is -5.08. The van der Waals surface area contributed by atoms with Gasteiger partial charge >= 0.3 is 30.4 Å². The number of allylic oxidation sites excluding steroid dienone is 3. The van der Waals surface area contributed by atoms with Crippen molar-refractivity contribution in [1.82, 2.24) is 4.90 Å². The van der Waals surface area contributed by atoms with Gasteiger partial charge in [-0.05, 0) is 108 Å². The van der Waals surface area contributed by atoms with Gasteiger partial charge in [-0.15, -0.1) is 0 Å². The van der Waals surface area contributed by atoms with Crippen molar-refractivity contribution in [1.29, 1.82) is 0 Å². The highest BCUT2D eigenvalue weighted by atomic mass is 35.5. The molecule has 338 valence electrons. The summed E-state index contributed by atoms with van der Waals surface area (Å²) in [5.41, 5.74) is 29.4. The highest BCUT2D eigenvalue weighted by Crippen LogP contribution is 2.36. The Morgan fingerprint density at radius 1 is 0.587 bits per heavy atom. The zero-order valence-electron chi connectivity index (χ0n) is 34.2. The molecule has 4 aromatic rings. The molecule has 1 atom stereocenters. The lowest BCUT2D eigenvalue weighted by Gasteiger charge is -2.38. The molecule has 0 bridgehead atoms. The number of carboxylic acid groups (broad SMARTS) is 3. The lowest BCUT2D eigenvalue weighted by molar-refractivity contribution is -0.193. The first kappa shape index (κ1) is 51.2. The third-order valence-electron chi connectivity index (χ3n) is 9.30. The van der Waals surface area contributed by atoms with Gasteiger partial charge in [-0.2, -0.15) is 26.3 Å². The predicted octanol–water partition coefficient (Wildman–Crippen LogP) is 10.1. The minimum absolute atomic E-state index is 0.0801. The molecule has 0 radical (unpaired) electrons. The maximum atomic E-state index is 11.5. The zero-order valence-corrected chi connectivity index (χ0v) is 35.7. The monoisotopic (exact) mass is 922 g/mol. The first-order chi connectivity index (χ1) is 29.2. The number of nitrogens with two attached hydrogens (primary N) is 3. The Morgan fingerprint density at radius 3 is 1.21 bits per heavy atom. The van der Waals surface area contributed by atoms with Gasteiger partial charge in [0.25, 0.3) is 0 Å². The molecule has 0 saturated heterocycles. The highest BCUT2D eigenvalue weighted by Gasteiger charge is 2.39. The van der Waals surface area contributed by atoms with Crippen molar-refractivity contribution in [2.45, 2.75) is 76.8 Å². The Bertz CT molecular complexity index is 2200. The Kier molecular flexibility index (Phi) is 17.7. The van der Waals surface area contributed by atoms with Crippen LogP contribution in [0.5, 0.6) is 0 Å². The quantitative estimate of drug-likeness (QED) is 0.101. The van der Waals surface area contributed by atoms with Crippen molar-refractivity contribution in [3.63, 3.8) is 0 Å². The van der Waals surface area contributed by atoms with E-state index in [9.17, 15) is 36.2 Å². The number of carboxylic acids is 2. The number of carbonyl (C=O) groups is 3. The average molecular weight is 924 g/mol. The van der Waals surface area contributed by atoms with Crippen LogP contribution in [0.15, 0.2) is 102 Å². The van der Waals surface area contributed by atoms with Gasteiger partial charge in [-0.3, -0.25) is 4.90 Å². The van der Waals surface area contributed by atoms with Gasteiger partial charge in [0.2, 0.25) is 0 Å². The maximum absolute atomic E-state index is 11.5. The number of alkyl halides is 6. The second-order valence-corrected chi connectivity index (χ2v) is 16.1. The van der Waals surface area contributed by atoms with Crippen LogP contribution in [0.25, 0.3) is 18.2 Å². The number of rotatable bonds is 1. The van der Waals surface area contributed by atoms with Crippen molar-refractivity contribution >= 4 is 59.5 Å². The van der Waals surface area contributed by atoms with Gasteiger partial charge in [0, 0.05) is 58.0 Å². The van der Waals surface area contributed by atoms with Gasteiger partial charge in [0.1, 0.15) is 0 Å². The topological polar surface area (TPSA) is 193 Å². The molecule has 0 aliphatic heterocycles. The van der Waals surface area contributed by atoms with E-state index in [1.54, 1.807) is 6.07 Å². The molecular weight excluding hydrogens is 877 g/mol. The molecule has 8 rings (SSSR count). The second kappa shape index (κ2) is 21.8. The Balaban J connectivity index is 0.000000210. The molecular formula is C45H46Cl2F6N4O6. The first-order valence-electron chi connectivity index (χ1n) is 18.9. The molecule has 1 amide bonds. The van der Waals surface area contributed by atoms with Crippen molar-refractivity contribution in [3.8, 4) is 0 Å². The predicted molar refractivity (Wildman–Crippen MR) is 232 cm³/mol. The molecule has 0 spiro atoms. The molecule has 4 aliphatic carbocycles. The van der Waals surface area contributed by atoms with Crippen LogP contribution in [0.3, 0.4) is 0 Å². The molecule has 1 unspecified atom stereocenters. The fourth-order valence-electron chi connectivity index (χ4n) is 6.72. The number of aliphatic carboxylic acids is 2. The molecule has 0 saturated carbocycles. The maximum Gasteiger partial charge on any atom is 0.490 e. The van der Waals surface area contributed by atoms with Crippen LogP contribution in [0, 0.1) is 0 Å². The molecule has 0 heterocycles. The molecule has 4 aromatic carbocycles. The lowest BCUT2D eigenvalue weighted by Crippen LogP contribution is -2.51. The van der Waals surface area contributed by atoms with E-state index in [4.69, 9.17) is 60.2 Å². The van der Waals surface area contributed by atoms with Crippen LogP contribution in [0.1, 0.15) is 65.3 Å². The first-order valence-corrected chi connectivity index (χ1v) is 19.6. The van der Waals surface area contributed by atoms with Gasteiger partial charge in [0.05, 0.1) is 0 Å². The van der Waals surface area contributed by atoms with E-state index in [-0.39, 0.29) is 6.04 Å². The number of fused-ring (bicyclic) bond motifs is 4. The summed E-state index contributed by atoms with van der Waals surface area (Å²) in [6.07, 6.45) is -0.858. The van der Waals surface area contributed by atoms with Gasteiger partial charge in [-0.1, -0.05) is 96.0 Å². The van der Waals surface area contributed by atoms with Crippen LogP contribution in [0.2, 0.25) is 10.0 Å². The van der Waals surface area contributed by atoms with Crippen molar-refractivity contribution in [2.24, 2.45) is 17.2 Å². The highest BCUT2D eigenvalue weighted by molar-refractivity contribution is 6.35. The summed E-state index contributed by atoms with van der Waals surface area (Å²) in [5.74, 6) is -5.51. The molecule has 10 nitrogen and oxygen atoms in total. The van der Waals surface area contributed by atoms with E-state index in [2.05, 4.69) is 36.4 Å². The molecule has 4 aliphatic rings. The van der Waals surface area contributed by atoms with Crippen LogP contribution in [-0.4, -0.2) is 62.2 Å². The molecule has 0 aromatic heterocycles.